The van der Waals surface area contributed by atoms with Crippen molar-refractivity contribution in [2.45, 2.75) is 19.8 Å². The molecule has 0 aliphatic heterocycles. The molecule has 2 aromatic rings. The van der Waals surface area contributed by atoms with Crippen molar-refractivity contribution in [2.24, 2.45) is 5.73 Å². The normalized spacial score (nSPS) is 9.90. The molecule has 4 nitrogen and oxygen atoms in total. The Kier molecular flexibility index (Phi) is 5.98. The number of ether oxygens (including phenoxy) is 1. The van der Waals surface area contributed by atoms with Crippen molar-refractivity contribution in [2.75, 3.05) is 7.11 Å². The molecule has 0 radical (unpaired) electrons. The Labute approximate surface area is 128 Å². The van der Waals surface area contributed by atoms with Crippen LogP contribution in [0.4, 0.5) is 0 Å². The topological polar surface area (TPSA) is 65.2 Å². The maximum atomic E-state index is 11.1. The van der Waals surface area contributed by atoms with E-state index in [0.29, 0.717) is 5.01 Å². The van der Waals surface area contributed by atoms with Crippen molar-refractivity contribution in [1.82, 2.24) is 4.98 Å². The number of nitrogens with zero attached hydrogens (tertiary/aromatic N) is 1. The van der Waals surface area contributed by atoms with Crippen LogP contribution in [0.25, 0.3) is 11.3 Å². The molecule has 1 heterocycles. The van der Waals surface area contributed by atoms with Crippen molar-refractivity contribution >= 4 is 29.7 Å². The average molecular weight is 313 g/mol. The number of carbonyl (C=O) groups excluding carboxylic acids is 1. The van der Waals surface area contributed by atoms with E-state index in [4.69, 9.17) is 10.5 Å². The number of amides is 1. The Hall–Kier alpha value is -1.59. The van der Waals surface area contributed by atoms with Gasteiger partial charge in [0.25, 0.3) is 5.91 Å². The lowest BCUT2D eigenvalue weighted by Crippen LogP contribution is -2.10. The van der Waals surface area contributed by atoms with E-state index in [0.717, 1.165) is 29.8 Å². The molecule has 0 fully saturated rings. The van der Waals surface area contributed by atoms with E-state index in [1.54, 1.807) is 7.11 Å². The van der Waals surface area contributed by atoms with Crippen LogP contribution >= 0.6 is 23.7 Å². The Balaban J connectivity index is 0.00000200. The molecule has 1 aromatic heterocycles. The predicted octanol–water partition coefficient (Wildman–Crippen LogP) is 3.29. The van der Waals surface area contributed by atoms with Gasteiger partial charge in [-0.3, -0.25) is 4.79 Å². The van der Waals surface area contributed by atoms with Crippen LogP contribution in [0.3, 0.4) is 0 Å². The molecule has 0 saturated carbocycles. The molecular weight excluding hydrogens is 296 g/mol. The van der Waals surface area contributed by atoms with Gasteiger partial charge < -0.3 is 10.5 Å². The van der Waals surface area contributed by atoms with Gasteiger partial charge in [-0.1, -0.05) is 19.4 Å². The molecule has 2 N–H and O–H groups in total. The summed E-state index contributed by atoms with van der Waals surface area (Å²) < 4.78 is 5.35. The molecule has 1 aromatic carbocycles. The zero-order valence-electron chi connectivity index (χ0n) is 11.4. The maximum Gasteiger partial charge on any atom is 0.277 e. The van der Waals surface area contributed by atoms with Crippen molar-refractivity contribution in [1.29, 1.82) is 0 Å². The molecule has 0 aliphatic rings. The molecular formula is C14H17ClN2O2S. The number of nitrogens with two attached hydrogens (primary N) is 1. The van der Waals surface area contributed by atoms with Gasteiger partial charge in [-0.2, -0.15) is 0 Å². The molecule has 6 heteroatoms. The molecule has 1 amide bonds. The predicted molar refractivity (Wildman–Crippen MR) is 83.9 cm³/mol. The van der Waals surface area contributed by atoms with E-state index in [9.17, 15) is 4.79 Å². The monoisotopic (exact) mass is 312 g/mol. The van der Waals surface area contributed by atoms with Crippen LogP contribution in [0.2, 0.25) is 0 Å². The Morgan fingerprint density at radius 2 is 2.20 bits per heavy atom. The van der Waals surface area contributed by atoms with E-state index >= 15 is 0 Å². The van der Waals surface area contributed by atoms with Gasteiger partial charge in [0.05, 0.1) is 12.8 Å². The van der Waals surface area contributed by atoms with Gasteiger partial charge in [0.1, 0.15) is 5.75 Å². The number of halogens is 1. The van der Waals surface area contributed by atoms with Crippen molar-refractivity contribution in [3.63, 3.8) is 0 Å². The van der Waals surface area contributed by atoms with Crippen molar-refractivity contribution in [3.8, 4) is 17.0 Å². The molecule has 0 unspecified atom stereocenters. The molecule has 0 bridgehead atoms. The second kappa shape index (κ2) is 7.26. The van der Waals surface area contributed by atoms with Crippen LogP contribution in [0.15, 0.2) is 23.6 Å². The highest BCUT2D eigenvalue weighted by Gasteiger charge is 2.13. The first-order valence-electron chi connectivity index (χ1n) is 6.08. The van der Waals surface area contributed by atoms with E-state index in [1.807, 2.05) is 17.5 Å². The zero-order chi connectivity index (χ0) is 13.8. The molecule has 0 spiro atoms. The average Bonchev–Trinajstić information content (AvgIpc) is 2.88. The fourth-order valence-corrected chi connectivity index (χ4v) is 2.58. The van der Waals surface area contributed by atoms with E-state index < -0.39 is 5.91 Å². The third-order valence-electron chi connectivity index (χ3n) is 2.79. The lowest BCUT2D eigenvalue weighted by atomic mass is 10.0. The third kappa shape index (κ3) is 3.49. The number of hydrogen-bond donors (Lipinski definition) is 1. The summed E-state index contributed by atoms with van der Waals surface area (Å²) in [6.07, 6.45) is 2.08. The molecule has 20 heavy (non-hydrogen) atoms. The SMILES string of the molecule is CCCc1ccc(OC)c(-c2csc(C(N)=O)n2)c1.Cl. The number of methoxy groups -OCH3 is 1. The minimum atomic E-state index is -0.500. The summed E-state index contributed by atoms with van der Waals surface area (Å²) in [5.41, 5.74) is 8.09. The van der Waals surface area contributed by atoms with Gasteiger partial charge in [-0.25, -0.2) is 4.98 Å². The minimum absolute atomic E-state index is 0. The van der Waals surface area contributed by atoms with Gasteiger partial charge in [0, 0.05) is 10.9 Å². The van der Waals surface area contributed by atoms with Crippen LogP contribution in [0.1, 0.15) is 28.7 Å². The molecule has 2 rings (SSSR count). The summed E-state index contributed by atoms with van der Waals surface area (Å²) >= 11 is 1.25. The second-order valence-electron chi connectivity index (χ2n) is 4.19. The maximum absolute atomic E-state index is 11.1. The lowest BCUT2D eigenvalue weighted by Gasteiger charge is -2.08. The Morgan fingerprint density at radius 1 is 1.45 bits per heavy atom. The first-order valence-corrected chi connectivity index (χ1v) is 6.96. The molecule has 108 valence electrons. The Morgan fingerprint density at radius 3 is 2.75 bits per heavy atom. The third-order valence-corrected chi connectivity index (χ3v) is 3.65. The highest BCUT2D eigenvalue weighted by molar-refractivity contribution is 7.12. The van der Waals surface area contributed by atoms with Gasteiger partial charge >= 0.3 is 0 Å². The van der Waals surface area contributed by atoms with Crippen LogP contribution in [0.5, 0.6) is 5.75 Å². The summed E-state index contributed by atoms with van der Waals surface area (Å²) in [4.78, 5) is 15.4. The highest BCUT2D eigenvalue weighted by Crippen LogP contribution is 2.32. The summed E-state index contributed by atoms with van der Waals surface area (Å²) in [6, 6.07) is 6.04. The van der Waals surface area contributed by atoms with E-state index in [1.165, 1.54) is 16.9 Å². The molecule has 0 atom stereocenters. The summed E-state index contributed by atoms with van der Waals surface area (Å²) in [5, 5.41) is 2.14. The fraction of sp³-hybridized carbons (Fsp3) is 0.286. The van der Waals surface area contributed by atoms with Crippen LogP contribution < -0.4 is 10.5 Å². The number of benzene rings is 1. The van der Waals surface area contributed by atoms with Crippen LogP contribution in [-0.4, -0.2) is 18.0 Å². The smallest absolute Gasteiger partial charge is 0.277 e. The van der Waals surface area contributed by atoms with Crippen molar-refractivity contribution < 1.29 is 9.53 Å². The van der Waals surface area contributed by atoms with Gasteiger partial charge in [-0.05, 0) is 24.1 Å². The molecule has 0 saturated heterocycles. The molecule has 0 aliphatic carbocycles. The second-order valence-corrected chi connectivity index (χ2v) is 5.04. The van der Waals surface area contributed by atoms with Crippen LogP contribution in [0, 0.1) is 0 Å². The number of aryl methyl sites for hydroxylation is 1. The number of primary amides is 1. The largest absolute Gasteiger partial charge is 0.496 e. The number of aromatic nitrogens is 1. The quantitative estimate of drug-likeness (QED) is 0.921. The first-order chi connectivity index (χ1) is 9.15. The Bertz CT molecular complexity index is 599. The summed E-state index contributed by atoms with van der Waals surface area (Å²) in [7, 11) is 1.62. The standard InChI is InChI=1S/C14H16N2O2S.ClH/c1-3-4-9-5-6-12(18-2)10(7-9)11-8-19-14(16-11)13(15)17;/h5-8H,3-4H2,1-2H3,(H2,15,17);1H. The summed E-state index contributed by atoms with van der Waals surface area (Å²) in [6.45, 7) is 2.14. The van der Waals surface area contributed by atoms with E-state index in [2.05, 4.69) is 18.0 Å². The number of carbonyl (C=O) groups is 1. The summed E-state index contributed by atoms with van der Waals surface area (Å²) in [5.74, 6) is 0.251. The minimum Gasteiger partial charge on any atom is -0.496 e. The van der Waals surface area contributed by atoms with Gasteiger partial charge in [0.15, 0.2) is 5.01 Å². The highest BCUT2D eigenvalue weighted by atomic mass is 35.5. The van der Waals surface area contributed by atoms with Crippen LogP contribution in [-0.2, 0) is 6.42 Å². The van der Waals surface area contributed by atoms with Gasteiger partial charge in [-0.15, -0.1) is 23.7 Å². The first kappa shape index (κ1) is 16.5. The number of hydrogen-bond acceptors (Lipinski definition) is 4. The fourth-order valence-electron chi connectivity index (χ4n) is 1.91. The number of rotatable bonds is 5. The van der Waals surface area contributed by atoms with Crippen molar-refractivity contribution in [3.05, 3.63) is 34.2 Å². The van der Waals surface area contributed by atoms with Gasteiger partial charge in [0.2, 0.25) is 0 Å². The number of thiazole rings is 1. The van der Waals surface area contributed by atoms with E-state index in [-0.39, 0.29) is 12.4 Å². The zero-order valence-corrected chi connectivity index (χ0v) is 13.0. The lowest BCUT2D eigenvalue weighted by molar-refractivity contribution is 0.1000.